The molecule has 4 N–H and O–H groups in total. The molecule has 210 valence electrons. The molecule has 1 saturated heterocycles. The predicted molar refractivity (Wildman–Crippen MR) is 133 cm³/mol. The summed E-state index contributed by atoms with van der Waals surface area (Å²) in [5, 5.41) is 10.2. The largest absolute Gasteiger partial charge is 0.471 e. The van der Waals surface area contributed by atoms with Crippen LogP contribution in [0.5, 0.6) is 0 Å². The van der Waals surface area contributed by atoms with E-state index in [0.29, 0.717) is 12.8 Å². The van der Waals surface area contributed by atoms with Gasteiger partial charge in [-0.2, -0.15) is 13.2 Å². The quantitative estimate of drug-likeness (QED) is 0.340. The van der Waals surface area contributed by atoms with Gasteiger partial charge >= 0.3 is 12.1 Å². The third-order valence-corrected chi connectivity index (χ3v) is 6.56. The number of carbonyl (C=O) groups is 4. The van der Waals surface area contributed by atoms with Gasteiger partial charge in [0.2, 0.25) is 17.7 Å². The number of rotatable bonds is 9. The van der Waals surface area contributed by atoms with E-state index in [1.54, 1.807) is 12.4 Å². The van der Waals surface area contributed by atoms with Crippen molar-refractivity contribution in [1.29, 1.82) is 0 Å². The van der Waals surface area contributed by atoms with Gasteiger partial charge in [0, 0.05) is 24.7 Å². The molecule has 0 radical (unpaired) electrons. The van der Waals surface area contributed by atoms with Crippen LogP contribution in [0.15, 0.2) is 4.99 Å². The van der Waals surface area contributed by atoms with E-state index in [2.05, 4.69) is 20.9 Å². The minimum Gasteiger partial charge on any atom is -0.350 e. The molecule has 2 aliphatic rings. The Balaban J connectivity index is 2.18. The average Bonchev–Trinajstić information content (AvgIpc) is 3.39. The minimum atomic E-state index is -5.16. The van der Waals surface area contributed by atoms with Crippen LogP contribution in [-0.2, 0) is 19.2 Å². The van der Waals surface area contributed by atoms with Crippen LogP contribution >= 0.6 is 0 Å². The molecule has 4 unspecified atom stereocenters. The Morgan fingerprint density at radius 1 is 1.05 bits per heavy atom. The molecule has 0 aromatic heterocycles. The molecule has 12 heteroatoms. The van der Waals surface area contributed by atoms with Gasteiger partial charge in [0.15, 0.2) is 0 Å². The zero-order chi connectivity index (χ0) is 28.4. The van der Waals surface area contributed by atoms with E-state index < -0.39 is 52.9 Å². The first-order valence-corrected chi connectivity index (χ1v) is 12.5. The number of halogens is 3. The number of hydrogen-bond acceptors (Lipinski definition) is 5. The van der Waals surface area contributed by atoms with Crippen molar-refractivity contribution in [2.75, 3.05) is 7.05 Å². The number of aliphatic imine (C=N–C) groups is 1. The molecule has 1 heterocycles. The van der Waals surface area contributed by atoms with Crippen molar-refractivity contribution in [1.82, 2.24) is 21.3 Å². The van der Waals surface area contributed by atoms with Gasteiger partial charge in [-0.3, -0.25) is 24.2 Å². The zero-order valence-electron chi connectivity index (χ0n) is 22.6. The smallest absolute Gasteiger partial charge is 0.350 e. The summed E-state index contributed by atoms with van der Waals surface area (Å²) in [6.45, 7) is 10.1. The number of alkyl halides is 3. The Morgan fingerprint density at radius 2 is 1.65 bits per heavy atom. The summed E-state index contributed by atoms with van der Waals surface area (Å²) in [5.74, 6) is -4.04. The number of nitrogens with one attached hydrogen (secondary N) is 4. The van der Waals surface area contributed by atoms with E-state index in [4.69, 9.17) is 0 Å². The standard InChI is InChI=1S/C25H40F3N5O4/c1-22(2,3)12-16(31-20(36)17(23(4,5)6)32-21(37)25(26,27)28)19(35)30-15(13-29-7)10-14-11-24(8-9-24)33-18(14)34/h13-17H,8-12H2,1-7H3,(H,30,35)(H,31,36)(H,32,37)(H,33,34)/b29-13-. The van der Waals surface area contributed by atoms with Crippen LogP contribution < -0.4 is 21.3 Å². The molecule has 1 spiro atoms. The fraction of sp³-hybridized carbons (Fsp3) is 0.800. The van der Waals surface area contributed by atoms with Crippen LogP contribution in [0.2, 0.25) is 0 Å². The highest BCUT2D eigenvalue weighted by Crippen LogP contribution is 2.46. The van der Waals surface area contributed by atoms with Crippen LogP contribution in [0.3, 0.4) is 0 Å². The van der Waals surface area contributed by atoms with Gasteiger partial charge in [0.05, 0.1) is 6.04 Å². The molecule has 4 amide bonds. The maximum absolute atomic E-state index is 13.3. The summed E-state index contributed by atoms with van der Waals surface area (Å²) in [5.41, 5.74) is -1.62. The number of hydrogen-bond donors (Lipinski definition) is 4. The SMILES string of the molecule is C/N=C\C(CC1CC2(CC2)NC1=O)NC(=O)C(CC(C)(C)C)NC(=O)C(NC(=O)C(F)(F)F)C(C)(C)C. The first-order chi connectivity index (χ1) is 16.8. The summed E-state index contributed by atoms with van der Waals surface area (Å²) in [6, 6.07) is -3.22. The van der Waals surface area contributed by atoms with Crippen LogP contribution in [0.25, 0.3) is 0 Å². The summed E-state index contributed by atoms with van der Waals surface area (Å²) < 4.78 is 38.7. The van der Waals surface area contributed by atoms with Crippen molar-refractivity contribution in [3.63, 3.8) is 0 Å². The van der Waals surface area contributed by atoms with Gasteiger partial charge < -0.3 is 21.3 Å². The molecular weight excluding hydrogens is 491 g/mol. The van der Waals surface area contributed by atoms with Gasteiger partial charge in [-0.25, -0.2) is 0 Å². The van der Waals surface area contributed by atoms with E-state index in [9.17, 15) is 32.3 Å². The lowest BCUT2D eigenvalue weighted by atomic mass is 9.84. The van der Waals surface area contributed by atoms with E-state index in [1.165, 1.54) is 27.0 Å². The molecule has 0 aromatic rings. The third kappa shape index (κ3) is 8.99. The fourth-order valence-corrected chi connectivity index (χ4v) is 4.54. The zero-order valence-corrected chi connectivity index (χ0v) is 22.6. The second-order valence-electron chi connectivity index (χ2n) is 12.5. The summed E-state index contributed by atoms with van der Waals surface area (Å²) in [4.78, 5) is 54.5. The van der Waals surface area contributed by atoms with Crippen molar-refractivity contribution >= 4 is 29.8 Å². The highest BCUT2D eigenvalue weighted by Gasteiger charge is 2.52. The van der Waals surface area contributed by atoms with Crippen molar-refractivity contribution in [3.05, 3.63) is 0 Å². The molecular formula is C25H40F3N5O4. The van der Waals surface area contributed by atoms with Crippen molar-refractivity contribution in [2.45, 2.75) is 103 Å². The van der Waals surface area contributed by atoms with E-state index in [1.807, 2.05) is 20.8 Å². The van der Waals surface area contributed by atoms with E-state index >= 15 is 0 Å². The van der Waals surface area contributed by atoms with Crippen molar-refractivity contribution < 1.29 is 32.3 Å². The summed E-state index contributed by atoms with van der Waals surface area (Å²) in [7, 11) is 1.54. The van der Waals surface area contributed by atoms with Gasteiger partial charge in [0.1, 0.15) is 12.1 Å². The molecule has 2 rings (SSSR count). The number of amides is 4. The molecule has 37 heavy (non-hydrogen) atoms. The molecule has 0 bridgehead atoms. The van der Waals surface area contributed by atoms with Crippen LogP contribution in [-0.4, -0.2) is 66.7 Å². The second kappa shape index (κ2) is 11.0. The lowest BCUT2D eigenvalue weighted by molar-refractivity contribution is -0.175. The molecule has 2 fully saturated rings. The van der Waals surface area contributed by atoms with Crippen LogP contribution in [0.1, 0.15) is 73.6 Å². The Bertz CT molecular complexity index is 917. The Labute approximate surface area is 216 Å². The van der Waals surface area contributed by atoms with Gasteiger partial charge in [-0.1, -0.05) is 41.5 Å². The lowest BCUT2D eigenvalue weighted by Crippen LogP contribution is -2.60. The van der Waals surface area contributed by atoms with Crippen molar-refractivity contribution in [3.8, 4) is 0 Å². The predicted octanol–water partition coefficient (Wildman–Crippen LogP) is 2.24. The highest BCUT2D eigenvalue weighted by molar-refractivity contribution is 5.94. The average molecular weight is 532 g/mol. The number of carbonyl (C=O) groups excluding carboxylic acids is 4. The third-order valence-electron chi connectivity index (χ3n) is 6.56. The molecule has 9 nitrogen and oxygen atoms in total. The maximum Gasteiger partial charge on any atom is 0.471 e. The van der Waals surface area contributed by atoms with Crippen molar-refractivity contribution in [2.24, 2.45) is 21.7 Å². The van der Waals surface area contributed by atoms with E-state index in [-0.39, 0.29) is 23.8 Å². The Hall–Kier alpha value is -2.66. The van der Waals surface area contributed by atoms with Crippen LogP contribution in [0.4, 0.5) is 13.2 Å². The molecule has 1 saturated carbocycles. The first-order valence-electron chi connectivity index (χ1n) is 12.5. The molecule has 0 aromatic carbocycles. The molecule has 1 aliphatic heterocycles. The van der Waals surface area contributed by atoms with Gasteiger partial charge in [-0.15, -0.1) is 0 Å². The van der Waals surface area contributed by atoms with Gasteiger partial charge in [-0.05, 0) is 42.9 Å². The first kappa shape index (κ1) is 30.6. The summed E-state index contributed by atoms with van der Waals surface area (Å²) >= 11 is 0. The number of nitrogens with zero attached hydrogens (tertiary/aromatic N) is 1. The maximum atomic E-state index is 13.3. The Kier molecular flexibility index (Phi) is 9.07. The van der Waals surface area contributed by atoms with E-state index in [0.717, 1.165) is 12.8 Å². The molecule has 1 aliphatic carbocycles. The van der Waals surface area contributed by atoms with Gasteiger partial charge in [0.25, 0.3) is 0 Å². The monoisotopic (exact) mass is 531 g/mol. The normalized spacial score (nSPS) is 21.8. The summed E-state index contributed by atoms with van der Waals surface area (Å²) in [6.07, 6.45) is -0.563. The lowest BCUT2D eigenvalue weighted by Gasteiger charge is -2.33. The van der Waals surface area contributed by atoms with Crippen LogP contribution in [0, 0.1) is 16.7 Å². The minimum absolute atomic E-state index is 0.0609. The molecule has 4 atom stereocenters. The Morgan fingerprint density at radius 3 is 2.08 bits per heavy atom. The second-order valence-corrected chi connectivity index (χ2v) is 12.5. The topological polar surface area (TPSA) is 129 Å². The fourth-order valence-electron chi connectivity index (χ4n) is 4.54. The highest BCUT2D eigenvalue weighted by atomic mass is 19.4.